The lowest BCUT2D eigenvalue weighted by Gasteiger charge is -2.28. The van der Waals surface area contributed by atoms with Gasteiger partial charge in [-0.25, -0.2) is 0 Å². The molecular formula is C16H20N2O3. The van der Waals surface area contributed by atoms with Gasteiger partial charge in [0.05, 0.1) is 12.0 Å². The van der Waals surface area contributed by atoms with Gasteiger partial charge < -0.3 is 16.2 Å². The van der Waals surface area contributed by atoms with Crippen molar-refractivity contribution in [2.75, 3.05) is 5.73 Å². The fourth-order valence-electron chi connectivity index (χ4n) is 2.82. The van der Waals surface area contributed by atoms with E-state index in [2.05, 4.69) is 5.32 Å². The van der Waals surface area contributed by atoms with Gasteiger partial charge in [0, 0.05) is 11.8 Å². The number of rotatable bonds is 5. The molecule has 0 radical (unpaired) electrons. The van der Waals surface area contributed by atoms with Gasteiger partial charge in [0.1, 0.15) is 0 Å². The Morgan fingerprint density at radius 1 is 1.33 bits per heavy atom. The summed E-state index contributed by atoms with van der Waals surface area (Å²) in [5.41, 5.74) is 6.55. The van der Waals surface area contributed by atoms with Crippen LogP contribution in [0.4, 0.5) is 5.69 Å². The highest BCUT2D eigenvalue weighted by molar-refractivity contribution is 5.92. The second-order valence-electron chi connectivity index (χ2n) is 5.55. The number of amides is 1. The van der Waals surface area contributed by atoms with Crippen LogP contribution in [0.1, 0.15) is 37.7 Å². The molecule has 0 aromatic heterocycles. The van der Waals surface area contributed by atoms with Crippen molar-refractivity contribution >= 4 is 23.6 Å². The van der Waals surface area contributed by atoms with Crippen LogP contribution in [-0.2, 0) is 9.59 Å². The Morgan fingerprint density at radius 3 is 2.67 bits per heavy atom. The zero-order valence-corrected chi connectivity index (χ0v) is 11.8. The highest BCUT2D eigenvalue weighted by Gasteiger charge is 2.36. The molecule has 0 unspecified atom stereocenters. The van der Waals surface area contributed by atoms with Gasteiger partial charge in [-0.1, -0.05) is 25.0 Å². The highest BCUT2D eigenvalue weighted by atomic mass is 16.4. The number of carboxylic acids is 1. The van der Waals surface area contributed by atoms with E-state index in [1.165, 1.54) is 6.08 Å². The molecule has 2 rings (SSSR count). The molecule has 4 N–H and O–H groups in total. The smallest absolute Gasteiger partial charge is 0.305 e. The number of anilines is 1. The average Bonchev–Trinajstić information content (AvgIpc) is 2.83. The number of hydrogen-bond acceptors (Lipinski definition) is 3. The molecule has 1 saturated carbocycles. The molecule has 0 saturated heterocycles. The monoisotopic (exact) mass is 288 g/mol. The summed E-state index contributed by atoms with van der Waals surface area (Å²) in [7, 11) is 0. The maximum absolute atomic E-state index is 12.0. The Bertz CT molecular complexity index is 560. The van der Waals surface area contributed by atoms with Crippen molar-refractivity contribution in [3.8, 4) is 0 Å². The molecule has 1 aliphatic rings. The van der Waals surface area contributed by atoms with Crippen molar-refractivity contribution in [2.45, 2.75) is 37.6 Å². The first kappa shape index (κ1) is 15.1. The number of benzene rings is 1. The summed E-state index contributed by atoms with van der Waals surface area (Å²) < 4.78 is 0. The predicted molar refractivity (Wildman–Crippen MR) is 81.5 cm³/mol. The van der Waals surface area contributed by atoms with E-state index in [0.29, 0.717) is 5.69 Å². The van der Waals surface area contributed by atoms with Crippen LogP contribution in [0.25, 0.3) is 6.08 Å². The summed E-state index contributed by atoms with van der Waals surface area (Å²) in [5, 5.41) is 11.9. The molecule has 1 aromatic carbocycles. The number of carbonyl (C=O) groups is 2. The molecule has 1 amide bonds. The minimum atomic E-state index is -0.878. The summed E-state index contributed by atoms with van der Waals surface area (Å²) in [6, 6.07) is 7.21. The van der Waals surface area contributed by atoms with Gasteiger partial charge in [0.2, 0.25) is 5.91 Å². The number of hydrogen-bond donors (Lipinski definition) is 3. The van der Waals surface area contributed by atoms with Crippen LogP contribution >= 0.6 is 0 Å². The topological polar surface area (TPSA) is 92.4 Å². The standard InChI is InChI=1S/C16H20N2O3/c17-13-5-3-4-12(10-13)6-7-14(19)18-16(11-15(20)21)8-1-2-9-16/h3-7,10H,1-2,8-9,11,17H2,(H,18,19)(H,20,21)/b7-6+. The third kappa shape index (κ3) is 4.34. The van der Waals surface area contributed by atoms with Crippen LogP contribution in [0.15, 0.2) is 30.3 Å². The number of nitrogens with two attached hydrogens (primary N) is 1. The second-order valence-corrected chi connectivity index (χ2v) is 5.55. The van der Waals surface area contributed by atoms with Crippen LogP contribution in [0.5, 0.6) is 0 Å². The number of nitrogens with one attached hydrogen (secondary N) is 1. The minimum absolute atomic E-state index is 0.0230. The number of carbonyl (C=O) groups excluding carboxylic acids is 1. The fourth-order valence-corrected chi connectivity index (χ4v) is 2.82. The van der Waals surface area contributed by atoms with Crippen molar-refractivity contribution in [2.24, 2.45) is 0 Å². The van der Waals surface area contributed by atoms with Gasteiger partial charge in [-0.2, -0.15) is 0 Å². The summed E-state index contributed by atoms with van der Waals surface area (Å²) in [6.07, 6.45) is 6.42. The molecule has 0 bridgehead atoms. The molecular weight excluding hydrogens is 268 g/mol. The molecule has 5 nitrogen and oxygen atoms in total. The molecule has 0 atom stereocenters. The lowest BCUT2D eigenvalue weighted by molar-refractivity contribution is -0.139. The first-order chi connectivity index (χ1) is 9.99. The summed E-state index contributed by atoms with van der Waals surface area (Å²) in [4.78, 5) is 23.0. The summed E-state index contributed by atoms with van der Waals surface area (Å²) in [6.45, 7) is 0. The van der Waals surface area contributed by atoms with Gasteiger partial charge >= 0.3 is 5.97 Å². The van der Waals surface area contributed by atoms with Crippen LogP contribution in [0, 0.1) is 0 Å². The van der Waals surface area contributed by atoms with E-state index in [1.54, 1.807) is 18.2 Å². The number of nitrogen functional groups attached to an aromatic ring is 1. The van der Waals surface area contributed by atoms with E-state index < -0.39 is 11.5 Å². The van der Waals surface area contributed by atoms with Gasteiger partial charge in [0.25, 0.3) is 0 Å². The zero-order valence-electron chi connectivity index (χ0n) is 11.8. The molecule has 1 aliphatic carbocycles. The van der Waals surface area contributed by atoms with E-state index in [4.69, 9.17) is 10.8 Å². The van der Waals surface area contributed by atoms with E-state index in [9.17, 15) is 9.59 Å². The molecule has 1 aromatic rings. The Morgan fingerprint density at radius 2 is 2.05 bits per heavy atom. The van der Waals surface area contributed by atoms with Gasteiger partial charge in [-0.05, 0) is 36.6 Å². The zero-order chi connectivity index (χ0) is 15.3. The van der Waals surface area contributed by atoms with Crippen LogP contribution in [-0.4, -0.2) is 22.5 Å². The number of aliphatic carboxylic acids is 1. The van der Waals surface area contributed by atoms with E-state index in [-0.39, 0.29) is 12.3 Å². The van der Waals surface area contributed by atoms with Crippen LogP contribution in [0.3, 0.4) is 0 Å². The highest BCUT2D eigenvalue weighted by Crippen LogP contribution is 2.32. The lowest BCUT2D eigenvalue weighted by atomic mass is 9.93. The first-order valence-electron chi connectivity index (χ1n) is 7.07. The van der Waals surface area contributed by atoms with Crippen molar-refractivity contribution < 1.29 is 14.7 Å². The Kier molecular flexibility index (Phi) is 4.62. The molecule has 1 fully saturated rings. The third-order valence-corrected chi connectivity index (χ3v) is 3.78. The van der Waals surface area contributed by atoms with E-state index in [1.807, 2.05) is 12.1 Å². The summed E-state index contributed by atoms with van der Waals surface area (Å²) in [5.74, 6) is -1.14. The third-order valence-electron chi connectivity index (χ3n) is 3.78. The van der Waals surface area contributed by atoms with Gasteiger partial charge in [0.15, 0.2) is 0 Å². The molecule has 112 valence electrons. The van der Waals surface area contributed by atoms with E-state index >= 15 is 0 Å². The van der Waals surface area contributed by atoms with Crippen molar-refractivity contribution in [3.63, 3.8) is 0 Å². The van der Waals surface area contributed by atoms with E-state index in [0.717, 1.165) is 31.2 Å². The Labute approximate surface area is 123 Å². The van der Waals surface area contributed by atoms with Gasteiger partial charge in [-0.15, -0.1) is 0 Å². The van der Waals surface area contributed by atoms with Gasteiger partial charge in [-0.3, -0.25) is 9.59 Å². The van der Waals surface area contributed by atoms with Crippen molar-refractivity contribution in [1.82, 2.24) is 5.32 Å². The minimum Gasteiger partial charge on any atom is -0.481 e. The van der Waals surface area contributed by atoms with Crippen LogP contribution in [0.2, 0.25) is 0 Å². The average molecular weight is 288 g/mol. The normalized spacial score (nSPS) is 17.0. The Hall–Kier alpha value is -2.30. The molecule has 5 heteroatoms. The second kappa shape index (κ2) is 6.43. The molecule has 0 spiro atoms. The lowest BCUT2D eigenvalue weighted by Crippen LogP contribution is -2.47. The SMILES string of the molecule is Nc1cccc(/C=C/C(=O)NC2(CC(=O)O)CCCC2)c1. The fraction of sp³-hybridized carbons (Fsp3) is 0.375. The molecule has 0 heterocycles. The largest absolute Gasteiger partial charge is 0.481 e. The number of carboxylic acid groups (broad SMARTS) is 1. The Balaban J connectivity index is 2.01. The maximum atomic E-state index is 12.0. The molecule has 0 aliphatic heterocycles. The van der Waals surface area contributed by atoms with Crippen molar-refractivity contribution in [1.29, 1.82) is 0 Å². The molecule has 21 heavy (non-hydrogen) atoms. The first-order valence-corrected chi connectivity index (χ1v) is 7.07. The van der Waals surface area contributed by atoms with Crippen molar-refractivity contribution in [3.05, 3.63) is 35.9 Å². The maximum Gasteiger partial charge on any atom is 0.305 e. The summed E-state index contributed by atoms with van der Waals surface area (Å²) >= 11 is 0. The quantitative estimate of drug-likeness (QED) is 0.572. The predicted octanol–water partition coefficient (Wildman–Crippen LogP) is 2.19. The van der Waals surface area contributed by atoms with Crippen LogP contribution < -0.4 is 11.1 Å².